The van der Waals surface area contributed by atoms with E-state index < -0.39 is 0 Å². The molecule has 0 unspecified atom stereocenters. The predicted octanol–water partition coefficient (Wildman–Crippen LogP) is 3.70. The first-order valence-electron chi connectivity index (χ1n) is 6.11. The Balaban J connectivity index is 1.92. The predicted molar refractivity (Wildman–Crippen MR) is 86.9 cm³/mol. The van der Waals surface area contributed by atoms with E-state index in [1.807, 2.05) is 36.4 Å². The van der Waals surface area contributed by atoms with Crippen LogP contribution in [0.15, 0.2) is 46.3 Å². The van der Waals surface area contributed by atoms with Crippen LogP contribution in [0, 0.1) is 0 Å². The Labute approximate surface area is 130 Å². The molecule has 1 amide bonds. The van der Waals surface area contributed by atoms with Crippen LogP contribution in [-0.2, 0) is 11.2 Å². The summed E-state index contributed by atoms with van der Waals surface area (Å²) in [5.41, 5.74) is 1.79. The summed E-state index contributed by atoms with van der Waals surface area (Å²) in [6.45, 7) is 0.130. The van der Waals surface area contributed by atoms with Crippen LogP contribution in [0.1, 0.15) is 10.4 Å². The number of halogens is 1. The normalized spacial score (nSPS) is 10.9. The van der Waals surface area contributed by atoms with Gasteiger partial charge in [0.05, 0.1) is 3.79 Å². The molecule has 1 heterocycles. The second kappa shape index (κ2) is 7.38. The fourth-order valence-corrected chi connectivity index (χ4v) is 2.97. The van der Waals surface area contributed by atoms with Crippen LogP contribution >= 0.6 is 27.3 Å². The van der Waals surface area contributed by atoms with Crippen molar-refractivity contribution >= 4 is 44.9 Å². The first-order chi connectivity index (χ1) is 9.67. The second-order valence-electron chi connectivity index (χ2n) is 4.13. The van der Waals surface area contributed by atoms with Gasteiger partial charge in [-0.25, -0.2) is 0 Å². The first-order valence-corrected chi connectivity index (χ1v) is 7.72. The summed E-state index contributed by atoms with van der Waals surface area (Å²) in [7, 11) is 0. The smallest absolute Gasteiger partial charge is 0.248 e. The minimum atomic E-state index is -0.163. The van der Waals surface area contributed by atoms with E-state index in [2.05, 4.69) is 21.2 Å². The Bertz CT molecular complexity index is 605. The maximum absolute atomic E-state index is 11.8. The Morgan fingerprint density at radius 3 is 2.60 bits per heavy atom. The number of amides is 1. The van der Waals surface area contributed by atoms with Crippen molar-refractivity contribution in [3.05, 3.63) is 56.7 Å². The molecule has 0 fully saturated rings. The zero-order valence-electron chi connectivity index (χ0n) is 10.7. The van der Waals surface area contributed by atoms with E-state index in [4.69, 9.17) is 5.11 Å². The third-order valence-electron chi connectivity index (χ3n) is 2.61. The van der Waals surface area contributed by atoms with Crippen LogP contribution in [0.4, 0.5) is 5.69 Å². The number of thiophene rings is 1. The van der Waals surface area contributed by atoms with Gasteiger partial charge in [-0.3, -0.25) is 4.79 Å². The number of aliphatic hydroxyl groups is 1. The summed E-state index contributed by atoms with van der Waals surface area (Å²) in [5, 5.41) is 11.6. The molecule has 104 valence electrons. The van der Waals surface area contributed by atoms with E-state index in [1.165, 1.54) is 6.08 Å². The standard InChI is InChI=1S/C15H14BrNO2S/c16-14-7-5-13(20-14)6-8-15(19)17-12-3-1-11(2-4-12)9-10-18/h1-8,18H,9-10H2,(H,17,19)/b8-6+. The van der Waals surface area contributed by atoms with E-state index in [-0.39, 0.29) is 12.5 Å². The molecule has 0 atom stereocenters. The minimum absolute atomic E-state index is 0.130. The summed E-state index contributed by atoms with van der Waals surface area (Å²) >= 11 is 4.95. The second-order valence-corrected chi connectivity index (χ2v) is 6.63. The van der Waals surface area contributed by atoms with Gasteiger partial charge in [-0.15, -0.1) is 11.3 Å². The van der Waals surface area contributed by atoms with Crippen molar-refractivity contribution in [2.24, 2.45) is 0 Å². The molecule has 5 heteroatoms. The molecule has 0 aliphatic carbocycles. The van der Waals surface area contributed by atoms with Crippen LogP contribution in [0.5, 0.6) is 0 Å². The van der Waals surface area contributed by atoms with Crippen molar-refractivity contribution in [1.82, 2.24) is 0 Å². The van der Waals surface area contributed by atoms with Crippen LogP contribution in [0.25, 0.3) is 6.08 Å². The van der Waals surface area contributed by atoms with Crippen LogP contribution in [-0.4, -0.2) is 17.6 Å². The molecule has 0 saturated heterocycles. The molecule has 1 aromatic heterocycles. The minimum Gasteiger partial charge on any atom is -0.396 e. The van der Waals surface area contributed by atoms with Crippen molar-refractivity contribution in [2.75, 3.05) is 11.9 Å². The van der Waals surface area contributed by atoms with Gasteiger partial charge in [-0.1, -0.05) is 12.1 Å². The number of nitrogens with one attached hydrogen (secondary N) is 1. The lowest BCUT2D eigenvalue weighted by Crippen LogP contribution is -2.07. The molecule has 0 radical (unpaired) electrons. The molecule has 0 bridgehead atoms. The van der Waals surface area contributed by atoms with Crippen LogP contribution in [0.2, 0.25) is 0 Å². The van der Waals surface area contributed by atoms with Crippen molar-refractivity contribution in [2.45, 2.75) is 6.42 Å². The quantitative estimate of drug-likeness (QED) is 0.807. The Morgan fingerprint density at radius 1 is 1.25 bits per heavy atom. The molecule has 0 saturated carbocycles. The highest BCUT2D eigenvalue weighted by molar-refractivity contribution is 9.11. The molecule has 20 heavy (non-hydrogen) atoms. The Kier molecular flexibility index (Phi) is 5.52. The maximum atomic E-state index is 11.8. The average molecular weight is 352 g/mol. The van der Waals surface area contributed by atoms with E-state index in [1.54, 1.807) is 17.4 Å². The lowest BCUT2D eigenvalue weighted by atomic mass is 10.1. The molecule has 2 rings (SSSR count). The molecule has 1 aromatic carbocycles. The number of anilines is 1. The summed E-state index contributed by atoms with van der Waals surface area (Å²) in [5.74, 6) is -0.163. The highest BCUT2D eigenvalue weighted by Crippen LogP contribution is 2.23. The number of rotatable bonds is 5. The van der Waals surface area contributed by atoms with Gasteiger partial charge in [0, 0.05) is 23.2 Å². The number of carbonyl (C=O) groups is 1. The molecule has 0 aliphatic heterocycles. The first kappa shape index (κ1) is 15.0. The van der Waals surface area contributed by atoms with Gasteiger partial charge in [0.25, 0.3) is 0 Å². The fourth-order valence-electron chi connectivity index (χ4n) is 1.64. The summed E-state index contributed by atoms with van der Waals surface area (Å²) < 4.78 is 1.04. The number of aliphatic hydroxyl groups excluding tert-OH is 1. The zero-order valence-corrected chi connectivity index (χ0v) is 13.1. The van der Waals surface area contributed by atoms with Crippen molar-refractivity contribution in [1.29, 1.82) is 0 Å². The maximum Gasteiger partial charge on any atom is 0.248 e. The zero-order chi connectivity index (χ0) is 14.4. The molecule has 0 spiro atoms. The van der Waals surface area contributed by atoms with Gasteiger partial charge in [-0.05, 0) is 58.3 Å². The van der Waals surface area contributed by atoms with Crippen molar-refractivity contribution < 1.29 is 9.90 Å². The molecule has 2 aromatic rings. The molecule has 2 N–H and O–H groups in total. The fraction of sp³-hybridized carbons (Fsp3) is 0.133. The Morgan fingerprint density at radius 2 is 2.00 bits per heavy atom. The number of hydrogen-bond donors (Lipinski definition) is 2. The van der Waals surface area contributed by atoms with E-state index in [0.29, 0.717) is 6.42 Å². The highest BCUT2D eigenvalue weighted by Gasteiger charge is 1.99. The van der Waals surface area contributed by atoms with Gasteiger partial charge in [0.15, 0.2) is 0 Å². The van der Waals surface area contributed by atoms with Crippen LogP contribution < -0.4 is 5.32 Å². The van der Waals surface area contributed by atoms with Gasteiger partial charge in [-0.2, -0.15) is 0 Å². The third kappa shape index (κ3) is 4.59. The number of hydrogen-bond acceptors (Lipinski definition) is 3. The monoisotopic (exact) mass is 351 g/mol. The van der Waals surface area contributed by atoms with Gasteiger partial charge in [0.2, 0.25) is 5.91 Å². The van der Waals surface area contributed by atoms with Gasteiger partial charge >= 0.3 is 0 Å². The summed E-state index contributed by atoms with van der Waals surface area (Å²) in [6, 6.07) is 11.3. The van der Waals surface area contributed by atoms with Crippen molar-refractivity contribution in [3.8, 4) is 0 Å². The van der Waals surface area contributed by atoms with E-state index >= 15 is 0 Å². The molecular formula is C15H14BrNO2S. The topological polar surface area (TPSA) is 49.3 Å². The largest absolute Gasteiger partial charge is 0.396 e. The molecular weight excluding hydrogens is 338 g/mol. The Hall–Kier alpha value is -1.43. The SMILES string of the molecule is O=C(/C=C/c1ccc(Br)s1)Nc1ccc(CCO)cc1. The van der Waals surface area contributed by atoms with Gasteiger partial charge in [0.1, 0.15) is 0 Å². The summed E-state index contributed by atoms with van der Waals surface area (Å²) in [4.78, 5) is 12.8. The summed E-state index contributed by atoms with van der Waals surface area (Å²) in [6.07, 6.45) is 3.92. The molecule has 3 nitrogen and oxygen atoms in total. The van der Waals surface area contributed by atoms with Crippen molar-refractivity contribution in [3.63, 3.8) is 0 Å². The number of carbonyl (C=O) groups excluding carboxylic acids is 1. The third-order valence-corrected chi connectivity index (χ3v) is 4.20. The lowest BCUT2D eigenvalue weighted by Gasteiger charge is -2.03. The van der Waals surface area contributed by atoms with E-state index in [9.17, 15) is 4.79 Å². The molecule has 0 aliphatic rings. The highest BCUT2D eigenvalue weighted by atomic mass is 79.9. The lowest BCUT2D eigenvalue weighted by molar-refractivity contribution is -0.111. The number of benzene rings is 1. The van der Waals surface area contributed by atoms with E-state index in [0.717, 1.165) is 19.9 Å². The van der Waals surface area contributed by atoms with Gasteiger partial charge < -0.3 is 10.4 Å². The average Bonchev–Trinajstić information content (AvgIpc) is 2.85. The van der Waals surface area contributed by atoms with Crippen LogP contribution in [0.3, 0.4) is 0 Å².